The van der Waals surface area contributed by atoms with Gasteiger partial charge in [0.2, 0.25) is 0 Å². The number of unbranched alkanes of at least 4 members (excludes halogenated alkanes) is 1. The van der Waals surface area contributed by atoms with E-state index in [0.29, 0.717) is 29.1 Å². The second-order valence-electron chi connectivity index (χ2n) is 6.80. The van der Waals surface area contributed by atoms with Crippen LogP contribution in [0, 0.1) is 0 Å². The van der Waals surface area contributed by atoms with Crippen LogP contribution in [0.4, 0.5) is 11.4 Å². The van der Waals surface area contributed by atoms with E-state index in [1.807, 2.05) is 12.1 Å². The predicted molar refractivity (Wildman–Crippen MR) is 106 cm³/mol. The van der Waals surface area contributed by atoms with Crippen molar-refractivity contribution in [2.24, 2.45) is 0 Å². The van der Waals surface area contributed by atoms with Gasteiger partial charge in [-0.15, -0.1) is 0 Å². The van der Waals surface area contributed by atoms with Gasteiger partial charge in [-0.05, 0) is 87.8 Å². The minimum Gasteiger partial charge on any atom is -0.494 e. The van der Waals surface area contributed by atoms with E-state index in [-0.39, 0.29) is 5.78 Å². The number of benzene rings is 2. The lowest BCUT2D eigenvalue weighted by Gasteiger charge is -2.14. The summed E-state index contributed by atoms with van der Waals surface area (Å²) in [6.45, 7) is 4.36. The van der Waals surface area contributed by atoms with Crippen molar-refractivity contribution in [3.05, 3.63) is 53.6 Å². The van der Waals surface area contributed by atoms with Gasteiger partial charge in [0, 0.05) is 11.1 Å². The summed E-state index contributed by atoms with van der Waals surface area (Å²) in [5.74, 6) is 0.716. The fourth-order valence-corrected chi connectivity index (χ4v) is 3.22. The summed E-state index contributed by atoms with van der Waals surface area (Å²) in [5, 5.41) is 0. The fraction of sp³-hybridized carbons (Fsp3) is 0.381. The van der Waals surface area contributed by atoms with Crippen molar-refractivity contribution in [2.45, 2.75) is 25.7 Å². The number of nitrogen functional groups attached to an aromatic ring is 2. The van der Waals surface area contributed by atoms with Crippen molar-refractivity contribution in [1.82, 2.24) is 4.90 Å². The van der Waals surface area contributed by atoms with E-state index in [2.05, 4.69) is 4.90 Å². The SMILES string of the molecule is Nc1ccc(C(=O)c2ccc(OCCCCN3CCCC3)cc2)cc1N. The van der Waals surface area contributed by atoms with Crippen LogP contribution in [0.3, 0.4) is 0 Å². The van der Waals surface area contributed by atoms with Gasteiger partial charge in [0.1, 0.15) is 5.75 Å². The van der Waals surface area contributed by atoms with Crippen molar-refractivity contribution in [3.63, 3.8) is 0 Å². The number of ketones is 1. The largest absolute Gasteiger partial charge is 0.494 e. The molecule has 1 aliphatic heterocycles. The molecule has 1 fully saturated rings. The minimum absolute atomic E-state index is 0.0751. The third-order valence-corrected chi connectivity index (χ3v) is 4.80. The number of nitrogens with zero attached hydrogens (tertiary/aromatic N) is 1. The zero-order valence-electron chi connectivity index (χ0n) is 15.1. The summed E-state index contributed by atoms with van der Waals surface area (Å²) in [4.78, 5) is 15.0. The fourth-order valence-electron chi connectivity index (χ4n) is 3.22. The average molecular weight is 353 g/mol. The highest BCUT2D eigenvalue weighted by molar-refractivity contribution is 6.09. The average Bonchev–Trinajstić information content (AvgIpc) is 3.17. The molecule has 1 heterocycles. The minimum atomic E-state index is -0.0751. The van der Waals surface area contributed by atoms with E-state index in [0.717, 1.165) is 18.6 Å². The molecular formula is C21H27N3O2. The van der Waals surface area contributed by atoms with Gasteiger partial charge < -0.3 is 21.1 Å². The van der Waals surface area contributed by atoms with Gasteiger partial charge in [0.25, 0.3) is 0 Å². The van der Waals surface area contributed by atoms with Gasteiger partial charge in [-0.1, -0.05) is 0 Å². The zero-order chi connectivity index (χ0) is 18.4. The Hall–Kier alpha value is -2.53. The number of nitrogens with two attached hydrogens (primary N) is 2. The molecular weight excluding hydrogens is 326 g/mol. The van der Waals surface area contributed by atoms with Crippen molar-refractivity contribution < 1.29 is 9.53 Å². The highest BCUT2D eigenvalue weighted by Crippen LogP contribution is 2.20. The van der Waals surface area contributed by atoms with Crippen molar-refractivity contribution in [2.75, 3.05) is 37.7 Å². The van der Waals surface area contributed by atoms with Crippen LogP contribution in [0.1, 0.15) is 41.6 Å². The molecule has 1 saturated heterocycles. The Morgan fingerprint density at radius 1 is 0.923 bits per heavy atom. The van der Waals surface area contributed by atoms with Gasteiger partial charge >= 0.3 is 0 Å². The van der Waals surface area contributed by atoms with Crippen LogP contribution in [0.15, 0.2) is 42.5 Å². The number of ether oxygens (including phenoxy) is 1. The number of hydrogen-bond acceptors (Lipinski definition) is 5. The molecule has 4 N–H and O–H groups in total. The van der Waals surface area contributed by atoms with Crippen molar-refractivity contribution >= 4 is 17.2 Å². The van der Waals surface area contributed by atoms with Crippen LogP contribution >= 0.6 is 0 Å². The van der Waals surface area contributed by atoms with Gasteiger partial charge in [-0.2, -0.15) is 0 Å². The molecule has 0 bridgehead atoms. The molecule has 5 nitrogen and oxygen atoms in total. The first-order valence-electron chi connectivity index (χ1n) is 9.28. The molecule has 0 aliphatic carbocycles. The topological polar surface area (TPSA) is 81.6 Å². The Morgan fingerprint density at radius 3 is 2.31 bits per heavy atom. The van der Waals surface area contributed by atoms with Crippen LogP contribution in [-0.4, -0.2) is 36.9 Å². The van der Waals surface area contributed by atoms with Gasteiger partial charge in [-0.3, -0.25) is 4.79 Å². The number of rotatable bonds is 8. The molecule has 2 aromatic rings. The molecule has 0 unspecified atom stereocenters. The Bertz CT molecular complexity index is 737. The number of likely N-dealkylation sites (tertiary alicyclic amines) is 1. The monoisotopic (exact) mass is 353 g/mol. The first-order valence-corrected chi connectivity index (χ1v) is 9.28. The molecule has 3 rings (SSSR count). The maximum absolute atomic E-state index is 12.5. The van der Waals surface area contributed by atoms with Crippen LogP contribution in [0.5, 0.6) is 5.75 Å². The summed E-state index contributed by atoms with van der Waals surface area (Å²) >= 11 is 0. The molecule has 0 spiro atoms. The standard InChI is InChI=1S/C21H27N3O2/c22-19-10-7-17(15-20(19)23)21(25)16-5-8-18(9-6-16)26-14-4-3-13-24-11-1-2-12-24/h5-10,15H,1-4,11-14,22-23H2. The Morgan fingerprint density at radius 2 is 1.62 bits per heavy atom. The Labute approximate surface area is 154 Å². The van der Waals surface area contributed by atoms with Gasteiger partial charge in [0.15, 0.2) is 5.78 Å². The van der Waals surface area contributed by atoms with Crippen molar-refractivity contribution in [3.8, 4) is 5.75 Å². The lowest BCUT2D eigenvalue weighted by molar-refractivity contribution is 0.103. The number of carbonyl (C=O) groups excluding carboxylic acids is 1. The third kappa shape index (κ3) is 4.76. The molecule has 0 saturated carbocycles. The second-order valence-corrected chi connectivity index (χ2v) is 6.80. The van der Waals surface area contributed by atoms with Crippen molar-refractivity contribution in [1.29, 1.82) is 0 Å². The molecule has 0 aromatic heterocycles. The smallest absolute Gasteiger partial charge is 0.193 e. The molecule has 2 aromatic carbocycles. The van der Waals surface area contributed by atoms with E-state index >= 15 is 0 Å². The molecule has 138 valence electrons. The molecule has 0 atom stereocenters. The maximum Gasteiger partial charge on any atom is 0.193 e. The third-order valence-electron chi connectivity index (χ3n) is 4.80. The van der Waals surface area contributed by atoms with Gasteiger partial charge in [-0.25, -0.2) is 0 Å². The molecule has 5 heteroatoms. The normalized spacial score (nSPS) is 14.5. The summed E-state index contributed by atoms with van der Waals surface area (Å²) in [6, 6.07) is 12.2. The lowest BCUT2D eigenvalue weighted by Crippen LogP contribution is -2.20. The van der Waals surface area contributed by atoms with Gasteiger partial charge in [0.05, 0.1) is 18.0 Å². The number of carbonyl (C=O) groups is 1. The van der Waals surface area contributed by atoms with E-state index in [1.165, 1.54) is 32.5 Å². The first-order chi connectivity index (χ1) is 12.6. The number of hydrogen-bond donors (Lipinski definition) is 2. The molecule has 0 amide bonds. The predicted octanol–water partition coefficient (Wildman–Crippen LogP) is 3.34. The number of anilines is 2. The van der Waals surface area contributed by atoms with E-state index < -0.39 is 0 Å². The highest BCUT2D eigenvalue weighted by Gasteiger charge is 2.11. The quantitative estimate of drug-likeness (QED) is 0.432. The lowest BCUT2D eigenvalue weighted by atomic mass is 10.0. The summed E-state index contributed by atoms with van der Waals surface area (Å²) in [5.41, 5.74) is 13.5. The van der Waals surface area contributed by atoms with Crippen LogP contribution < -0.4 is 16.2 Å². The molecule has 26 heavy (non-hydrogen) atoms. The maximum atomic E-state index is 12.5. The van der Waals surface area contributed by atoms with E-state index in [4.69, 9.17) is 16.2 Å². The van der Waals surface area contributed by atoms with Crippen LogP contribution in [-0.2, 0) is 0 Å². The summed E-state index contributed by atoms with van der Waals surface area (Å²) in [7, 11) is 0. The Kier molecular flexibility index (Phi) is 6.12. The molecule has 0 radical (unpaired) electrons. The zero-order valence-corrected chi connectivity index (χ0v) is 15.1. The molecule has 1 aliphatic rings. The Balaban J connectivity index is 1.46. The summed E-state index contributed by atoms with van der Waals surface area (Å²) in [6.07, 6.45) is 4.88. The van der Waals surface area contributed by atoms with Crippen LogP contribution in [0.25, 0.3) is 0 Å². The van der Waals surface area contributed by atoms with E-state index in [1.54, 1.807) is 30.3 Å². The highest BCUT2D eigenvalue weighted by atomic mass is 16.5. The first kappa shape index (κ1) is 18.3. The van der Waals surface area contributed by atoms with E-state index in [9.17, 15) is 4.79 Å². The van der Waals surface area contributed by atoms with Crippen LogP contribution in [0.2, 0.25) is 0 Å². The second kappa shape index (κ2) is 8.72. The summed E-state index contributed by atoms with van der Waals surface area (Å²) < 4.78 is 5.78.